The maximum atomic E-state index is 14.1. The lowest BCUT2D eigenvalue weighted by atomic mass is 9.62. The highest BCUT2D eigenvalue weighted by atomic mass is 35.5. The predicted molar refractivity (Wildman–Crippen MR) is 136 cm³/mol. The van der Waals surface area contributed by atoms with E-state index in [1.54, 1.807) is 0 Å². The number of carbonyl (C=O) groups excluding carboxylic acids is 2. The van der Waals surface area contributed by atoms with Crippen LogP contribution in [-0.4, -0.2) is 36.3 Å². The van der Waals surface area contributed by atoms with E-state index >= 15 is 0 Å². The third-order valence-electron chi connectivity index (χ3n) is 8.71. The molecule has 2 saturated heterocycles. The number of rotatable bonds is 3. The molecule has 3 fully saturated rings. The lowest BCUT2D eigenvalue weighted by molar-refractivity contribution is -0.141. The van der Waals surface area contributed by atoms with Crippen molar-refractivity contribution in [3.63, 3.8) is 0 Å². The normalized spacial score (nSPS) is 23.7. The first kappa shape index (κ1) is 23.4. The molecule has 2 amide bonds. The van der Waals surface area contributed by atoms with Gasteiger partial charge in [-0.1, -0.05) is 65.9 Å². The molecule has 0 bridgehead atoms. The van der Waals surface area contributed by atoms with Gasteiger partial charge in [0.2, 0.25) is 11.8 Å². The number of amides is 2. The molecule has 1 aliphatic carbocycles. The highest BCUT2D eigenvalue weighted by molar-refractivity contribution is 6.30. The van der Waals surface area contributed by atoms with Crippen LogP contribution in [0.5, 0.6) is 0 Å². The van der Waals surface area contributed by atoms with E-state index in [4.69, 9.17) is 11.6 Å². The second-order valence-electron chi connectivity index (χ2n) is 10.9. The van der Waals surface area contributed by atoms with Gasteiger partial charge in [0.05, 0.1) is 5.41 Å². The van der Waals surface area contributed by atoms with Gasteiger partial charge in [0.1, 0.15) is 0 Å². The minimum Gasteiger partial charge on any atom is -0.355 e. The van der Waals surface area contributed by atoms with Crippen molar-refractivity contribution in [1.29, 1.82) is 0 Å². The summed E-state index contributed by atoms with van der Waals surface area (Å²) in [4.78, 5) is 28.7. The highest BCUT2D eigenvalue weighted by Gasteiger charge is 2.50. The number of hydrogen-bond donors (Lipinski definition) is 1. The number of halogens is 1. The topological polar surface area (TPSA) is 49.4 Å². The molecule has 180 valence electrons. The highest BCUT2D eigenvalue weighted by Crippen LogP contribution is 2.50. The van der Waals surface area contributed by atoms with E-state index in [0.717, 1.165) is 56.6 Å². The number of aryl methyl sites for hydroxylation is 2. The lowest BCUT2D eigenvalue weighted by Crippen LogP contribution is -2.55. The molecular weight excluding hydrogens is 444 g/mol. The summed E-state index contributed by atoms with van der Waals surface area (Å²) in [7, 11) is 0. The summed E-state index contributed by atoms with van der Waals surface area (Å²) in [6.07, 6.45) is 6.35. The van der Waals surface area contributed by atoms with Crippen LogP contribution in [0.25, 0.3) is 0 Å². The molecule has 34 heavy (non-hydrogen) atoms. The Hall–Kier alpha value is -2.33. The van der Waals surface area contributed by atoms with Gasteiger partial charge in [0, 0.05) is 37.0 Å². The van der Waals surface area contributed by atoms with Crippen LogP contribution in [0.15, 0.2) is 42.5 Å². The Morgan fingerprint density at radius 2 is 1.59 bits per heavy atom. The molecule has 5 rings (SSSR count). The quantitative estimate of drug-likeness (QED) is 0.616. The zero-order chi connectivity index (χ0) is 23.9. The third-order valence-corrected chi connectivity index (χ3v) is 8.97. The molecule has 3 aliphatic rings. The molecular formula is C29H35ClN2O2. The molecule has 0 aromatic heterocycles. The second kappa shape index (κ2) is 9.03. The largest absolute Gasteiger partial charge is 0.355 e. The number of likely N-dealkylation sites (tertiary alicyclic amines) is 1. The van der Waals surface area contributed by atoms with E-state index in [0.29, 0.717) is 18.9 Å². The summed E-state index contributed by atoms with van der Waals surface area (Å²) in [6.45, 7) is 6.35. The maximum Gasteiger partial charge on any atom is 0.233 e. The van der Waals surface area contributed by atoms with Crippen molar-refractivity contribution in [2.75, 3.05) is 19.6 Å². The number of nitrogens with zero attached hydrogens (tertiary/aromatic N) is 1. The molecule has 1 atom stereocenters. The predicted octanol–water partition coefficient (Wildman–Crippen LogP) is 5.68. The Morgan fingerprint density at radius 3 is 2.21 bits per heavy atom. The van der Waals surface area contributed by atoms with Crippen molar-refractivity contribution in [2.45, 2.75) is 70.1 Å². The van der Waals surface area contributed by atoms with Gasteiger partial charge in [-0.2, -0.15) is 0 Å². The number of piperidine rings is 2. The van der Waals surface area contributed by atoms with Crippen LogP contribution in [0.1, 0.15) is 73.1 Å². The Labute approximate surface area is 208 Å². The van der Waals surface area contributed by atoms with Crippen molar-refractivity contribution in [1.82, 2.24) is 10.2 Å². The molecule has 5 heteroatoms. The van der Waals surface area contributed by atoms with Crippen molar-refractivity contribution in [2.24, 2.45) is 5.41 Å². The van der Waals surface area contributed by atoms with Crippen LogP contribution in [0.2, 0.25) is 5.02 Å². The Bertz CT molecular complexity index is 1060. The van der Waals surface area contributed by atoms with Gasteiger partial charge in [0.15, 0.2) is 0 Å². The number of benzene rings is 2. The summed E-state index contributed by atoms with van der Waals surface area (Å²) in [5.74, 6) is 0.681. The number of hydrogen-bond acceptors (Lipinski definition) is 2. The molecule has 2 heterocycles. The van der Waals surface area contributed by atoms with Crippen LogP contribution in [0, 0.1) is 19.3 Å². The standard InChI is InChI=1S/C29H35ClN2O2/c1-20-15-21(2)17-23(16-20)29(9-3-4-10-29)27(34)32-13-11-28(12-14-32)18-26(33)31-19-25(28)22-5-7-24(30)8-6-22/h5-8,15-17,25H,3-4,9-14,18-19H2,1-2H3,(H,31,33)/t25-/m0/s1. The van der Waals surface area contributed by atoms with Gasteiger partial charge in [-0.3, -0.25) is 9.59 Å². The van der Waals surface area contributed by atoms with Crippen molar-refractivity contribution >= 4 is 23.4 Å². The van der Waals surface area contributed by atoms with Gasteiger partial charge < -0.3 is 10.2 Å². The zero-order valence-corrected chi connectivity index (χ0v) is 21.1. The van der Waals surface area contributed by atoms with Crippen molar-refractivity contribution < 1.29 is 9.59 Å². The molecule has 0 radical (unpaired) electrons. The van der Waals surface area contributed by atoms with E-state index in [2.05, 4.69) is 54.4 Å². The second-order valence-corrected chi connectivity index (χ2v) is 11.3. The Morgan fingerprint density at radius 1 is 0.971 bits per heavy atom. The fourth-order valence-corrected chi connectivity index (χ4v) is 7.07. The van der Waals surface area contributed by atoms with Gasteiger partial charge in [-0.15, -0.1) is 0 Å². The fourth-order valence-electron chi connectivity index (χ4n) is 6.94. The maximum absolute atomic E-state index is 14.1. The summed E-state index contributed by atoms with van der Waals surface area (Å²) < 4.78 is 0. The molecule has 2 aromatic rings. The van der Waals surface area contributed by atoms with Gasteiger partial charge in [0.25, 0.3) is 0 Å². The first-order valence-electron chi connectivity index (χ1n) is 12.7. The third kappa shape index (κ3) is 4.15. The van der Waals surface area contributed by atoms with E-state index < -0.39 is 0 Å². The molecule has 0 unspecified atom stereocenters. The molecule has 2 aliphatic heterocycles. The molecule has 2 aromatic carbocycles. The first-order chi connectivity index (χ1) is 16.3. The molecule has 1 spiro atoms. The summed E-state index contributed by atoms with van der Waals surface area (Å²) in [6, 6.07) is 14.7. The number of nitrogens with one attached hydrogen (secondary N) is 1. The SMILES string of the molecule is Cc1cc(C)cc(C2(C(=O)N3CCC4(CC3)CC(=O)NC[C@H]4c3ccc(Cl)cc3)CCCC2)c1. The van der Waals surface area contributed by atoms with Crippen molar-refractivity contribution in [3.8, 4) is 0 Å². The Balaban J connectivity index is 1.39. The first-order valence-corrected chi connectivity index (χ1v) is 13.1. The number of carbonyl (C=O) groups is 2. The molecule has 1 saturated carbocycles. The molecule has 1 N–H and O–H groups in total. The summed E-state index contributed by atoms with van der Waals surface area (Å²) in [5, 5.41) is 3.81. The monoisotopic (exact) mass is 478 g/mol. The van der Waals surface area contributed by atoms with E-state index in [-0.39, 0.29) is 22.7 Å². The van der Waals surface area contributed by atoms with Crippen LogP contribution < -0.4 is 5.32 Å². The minimum atomic E-state index is -0.388. The average Bonchev–Trinajstić information content (AvgIpc) is 3.31. The molecule has 4 nitrogen and oxygen atoms in total. The summed E-state index contributed by atoms with van der Waals surface area (Å²) in [5.41, 5.74) is 4.39. The minimum absolute atomic E-state index is 0.101. The lowest BCUT2D eigenvalue weighted by Gasteiger charge is -2.50. The van der Waals surface area contributed by atoms with E-state index in [1.165, 1.54) is 22.3 Å². The van der Waals surface area contributed by atoms with Gasteiger partial charge in [-0.25, -0.2) is 0 Å². The Kier molecular flexibility index (Phi) is 6.22. The van der Waals surface area contributed by atoms with Gasteiger partial charge in [-0.05, 0) is 68.2 Å². The van der Waals surface area contributed by atoms with Crippen LogP contribution >= 0.6 is 11.6 Å². The van der Waals surface area contributed by atoms with Crippen molar-refractivity contribution in [3.05, 3.63) is 69.7 Å². The fraction of sp³-hybridized carbons (Fsp3) is 0.517. The van der Waals surface area contributed by atoms with E-state index in [9.17, 15) is 9.59 Å². The smallest absolute Gasteiger partial charge is 0.233 e. The summed E-state index contributed by atoms with van der Waals surface area (Å²) >= 11 is 6.14. The zero-order valence-electron chi connectivity index (χ0n) is 20.3. The van der Waals surface area contributed by atoms with Crippen LogP contribution in [0.4, 0.5) is 0 Å². The van der Waals surface area contributed by atoms with Crippen LogP contribution in [-0.2, 0) is 15.0 Å². The van der Waals surface area contributed by atoms with Crippen LogP contribution in [0.3, 0.4) is 0 Å². The van der Waals surface area contributed by atoms with E-state index in [1.807, 2.05) is 12.1 Å². The van der Waals surface area contributed by atoms with Gasteiger partial charge >= 0.3 is 0 Å². The average molecular weight is 479 g/mol.